The van der Waals surface area contributed by atoms with Crippen LogP contribution in [0.5, 0.6) is 0 Å². The van der Waals surface area contributed by atoms with Gasteiger partial charge in [-0.3, -0.25) is 9.59 Å². The van der Waals surface area contributed by atoms with Crippen LogP contribution in [-0.4, -0.2) is 83.5 Å². The van der Waals surface area contributed by atoms with Crippen molar-refractivity contribution in [1.82, 2.24) is 14.7 Å². The lowest BCUT2D eigenvalue weighted by molar-refractivity contribution is -0.130. The van der Waals surface area contributed by atoms with E-state index in [0.717, 1.165) is 57.4 Å². The summed E-state index contributed by atoms with van der Waals surface area (Å²) >= 11 is 11.9. The number of likely N-dealkylation sites (tertiary alicyclic amines) is 1. The lowest BCUT2D eigenvalue weighted by Gasteiger charge is -2.29. The van der Waals surface area contributed by atoms with Crippen LogP contribution in [-0.2, 0) is 9.59 Å². The Hall–Kier alpha value is -1.60. The second-order valence-electron chi connectivity index (χ2n) is 8.24. The van der Waals surface area contributed by atoms with E-state index in [0.29, 0.717) is 36.1 Å². The predicted molar refractivity (Wildman–Crippen MR) is 124 cm³/mol. The maximum atomic E-state index is 12.6. The SMILES string of the molecule is O=C(/C=C/c1ccc(Cl)c(Cl)c1)N1CCC(=O)N(CCCCN2CCC(O)CC2)CC1. The summed E-state index contributed by atoms with van der Waals surface area (Å²) < 4.78 is 0. The average molecular weight is 468 g/mol. The molecule has 2 fully saturated rings. The minimum atomic E-state index is -0.143. The Labute approximate surface area is 194 Å². The fourth-order valence-electron chi connectivity index (χ4n) is 3.99. The second kappa shape index (κ2) is 11.9. The molecule has 0 aliphatic carbocycles. The van der Waals surface area contributed by atoms with Crippen molar-refractivity contribution in [2.75, 3.05) is 45.8 Å². The second-order valence-corrected chi connectivity index (χ2v) is 9.06. The van der Waals surface area contributed by atoms with Crippen molar-refractivity contribution in [3.63, 3.8) is 0 Å². The standard InChI is InChI=1S/C23H31Cl2N3O3/c24-20-5-3-18(17-21(20)25)4-6-22(30)28-14-9-23(31)27(15-16-28)11-2-1-10-26-12-7-19(29)8-13-26/h3-6,17,19,29H,1-2,7-16H2/b6-4+. The molecule has 0 atom stereocenters. The Balaban J connectivity index is 1.41. The van der Waals surface area contributed by atoms with Crippen molar-refractivity contribution in [3.05, 3.63) is 39.9 Å². The molecule has 2 aliphatic heterocycles. The zero-order chi connectivity index (χ0) is 22.2. The summed E-state index contributed by atoms with van der Waals surface area (Å²) in [5.41, 5.74) is 0.804. The first-order valence-electron chi connectivity index (χ1n) is 11.0. The highest BCUT2D eigenvalue weighted by molar-refractivity contribution is 6.42. The van der Waals surface area contributed by atoms with Crippen LogP contribution in [0.3, 0.4) is 0 Å². The molecule has 1 N–H and O–H groups in total. The van der Waals surface area contributed by atoms with Crippen LogP contribution in [0.15, 0.2) is 24.3 Å². The van der Waals surface area contributed by atoms with Crippen molar-refractivity contribution in [2.45, 2.75) is 38.2 Å². The number of aliphatic hydroxyl groups excluding tert-OH is 1. The van der Waals surface area contributed by atoms with Gasteiger partial charge < -0.3 is 19.8 Å². The van der Waals surface area contributed by atoms with Crippen LogP contribution in [0.25, 0.3) is 6.08 Å². The molecule has 3 rings (SSSR count). The Bertz CT molecular complexity index is 794. The number of halogens is 2. The molecule has 31 heavy (non-hydrogen) atoms. The van der Waals surface area contributed by atoms with Gasteiger partial charge in [-0.2, -0.15) is 0 Å². The highest BCUT2D eigenvalue weighted by Crippen LogP contribution is 2.23. The fraction of sp³-hybridized carbons (Fsp3) is 0.565. The largest absolute Gasteiger partial charge is 0.393 e. The van der Waals surface area contributed by atoms with Crippen molar-refractivity contribution in [2.24, 2.45) is 0 Å². The summed E-state index contributed by atoms with van der Waals surface area (Å²) in [6.45, 7) is 5.21. The third-order valence-corrected chi connectivity index (χ3v) is 6.71. The molecule has 0 unspecified atom stereocenters. The smallest absolute Gasteiger partial charge is 0.246 e. The van der Waals surface area contributed by atoms with E-state index >= 15 is 0 Å². The van der Waals surface area contributed by atoms with E-state index in [2.05, 4.69) is 4.90 Å². The maximum absolute atomic E-state index is 12.6. The maximum Gasteiger partial charge on any atom is 0.246 e. The van der Waals surface area contributed by atoms with Gasteiger partial charge in [-0.1, -0.05) is 29.3 Å². The molecule has 2 saturated heterocycles. The number of nitrogens with zero attached hydrogens (tertiary/aromatic N) is 3. The highest BCUT2D eigenvalue weighted by Gasteiger charge is 2.22. The minimum absolute atomic E-state index is 0.104. The van der Waals surface area contributed by atoms with Gasteiger partial charge in [0.2, 0.25) is 11.8 Å². The molecule has 0 radical (unpaired) electrons. The number of rotatable bonds is 7. The Kier molecular flexibility index (Phi) is 9.20. The van der Waals surface area contributed by atoms with Gasteiger partial charge in [0, 0.05) is 51.8 Å². The number of aliphatic hydroxyl groups is 1. The lowest BCUT2D eigenvalue weighted by Crippen LogP contribution is -2.37. The van der Waals surface area contributed by atoms with Gasteiger partial charge in [0.15, 0.2) is 0 Å². The van der Waals surface area contributed by atoms with E-state index in [9.17, 15) is 14.7 Å². The van der Waals surface area contributed by atoms with Crippen LogP contribution in [0, 0.1) is 0 Å². The summed E-state index contributed by atoms with van der Waals surface area (Å²) in [7, 11) is 0. The lowest BCUT2D eigenvalue weighted by atomic mass is 10.1. The topological polar surface area (TPSA) is 64.1 Å². The summed E-state index contributed by atoms with van der Waals surface area (Å²) in [5.74, 6) is 0.0119. The molecule has 1 aromatic carbocycles. The van der Waals surface area contributed by atoms with Crippen molar-refractivity contribution >= 4 is 41.1 Å². The summed E-state index contributed by atoms with van der Waals surface area (Å²) in [4.78, 5) is 31.0. The van der Waals surface area contributed by atoms with Crippen LogP contribution in [0.4, 0.5) is 0 Å². The van der Waals surface area contributed by atoms with E-state index in [4.69, 9.17) is 23.2 Å². The molecule has 2 amide bonds. The summed E-state index contributed by atoms with van der Waals surface area (Å²) in [5, 5.41) is 10.5. The first-order valence-corrected chi connectivity index (χ1v) is 11.8. The molecule has 1 aromatic rings. The van der Waals surface area contributed by atoms with E-state index in [1.807, 2.05) is 4.90 Å². The molecule has 6 nitrogen and oxygen atoms in total. The molecule has 2 aliphatic rings. The molecule has 0 bridgehead atoms. The van der Waals surface area contributed by atoms with Crippen molar-refractivity contribution in [3.8, 4) is 0 Å². The number of carbonyl (C=O) groups is 2. The normalized spacial score (nSPS) is 19.3. The zero-order valence-electron chi connectivity index (χ0n) is 17.8. The van der Waals surface area contributed by atoms with Crippen molar-refractivity contribution < 1.29 is 14.7 Å². The van der Waals surface area contributed by atoms with Gasteiger partial charge >= 0.3 is 0 Å². The quantitative estimate of drug-likeness (QED) is 0.493. The van der Waals surface area contributed by atoms with E-state index in [1.165, 1.54) is 6.08 Å². The molecule has 170 valence electrons. The third-order valence-electron chi connectivity index (χ3n) is 5.97. The monoisotopic (exact) mass is 467 g/mol. The summed E-state index contributed by atoms with van der Waals surface area (Å²) in [6, 6.07) is 5.22. The number of unbranched alkanes of at least 4 members (excludes halogenated alkanes) is 1. The van der Waals surface area contributed by atoms with E-state index < -0.39 is 0 Å². The number of hydrogen-bond donors (Lipinski definition) is 1. The molecule has 8 heteroatoms. The Morgan fingerprint density at radius 2 is 1.77 bits per heavy atom. The molecular formula is C23H31Cl2N3O3. The molecule has 2 heterocycles. The zero-order valence-corrected chi connectivity index (χ0v) is 19.3. The van der Waals surface area contributed by atoms with Crippen molar-refractivity contribution in [1.29, 1.82) is 0 Å². The van der Waals surface area contributed by atoms with E-state index in [1.54, 1.807) is 29.2 Å². The fourth-order valence-corrected chi connectivity index (χ4v) is 4.30. The highest BCUT2D eigenvalue weighted by atomic mass is 35.5. The number of amides is 2. The predicted octanol–water partition coefficient (Wildman–Crippen LogP) is 3.30. The minimum Gasteiger partial charge on any atom is -0.393 e. The van der Waals surface area contributed by atoms with Crippen LogP contribution >= 0.6 is 23.2 Å². The number of benzene rings is 1. The average Bonchev–Trinajstić information content (AvgIpc) is 2.95. The molecule has 0 spiro atoms. The van der Waals surface area contributed by atoms with Gasteiger partial charge in [-0.25, -0.2) is 0 Å². The van der Waals surface area contributed by atoms with Gasteiger partial charge in [0.05, 0.1) is 16.1 Å². The number of hydrogen-bond acceptors (Lipinski definition) is 4. The first-order chi connectivity index (χ1) is 14.9. The van der Waals surface area contributed by atoms with E-state index in [-0.39, 0.29) is 17.9 Å². The summed E-state index contributed by atoms with van der Waals surface area (Å²) in [6.07, 6.45) is 7.16. The van der Waals surface area contributed by atoms with Crippen LogP contribution in [0.2, 0.25) is 10.0 Å². The molecule has 0 saturated carbocycles. The van der Waals surface area contributed by atoms with Crippen LogP contribution < -0.4 is 0 Å². The van der Waals surface area contributed by atoms with Gasteiger partial charge in [0.1, 0.15) is 0 Å². The third kappa shape index (κ3) is 7.49. The van der Waals surface area contributed by atoms with Gasteiger partial charge in [-0.05, 0) is 56.0 Å². The molecule has 0 aromatic heterocycles. The Morgan fingerprint density at radius 1 is 1.03 bits per heavy atom. The number of piperidine rings is 1. The van der Waals surface area contributed by atoms with Gasteiger partial charge in [0.25, 0.3) is 0 Å². The number of carbonyl (C=O) groups excluding carboxylic acids is 2. The molecular weight excluding hydrogens is 437 g/mol. The van der Waals surface area contributed by atoms with Crippen LogP contribution in [0.1, 0.15) is 37.7 Å². The Morgan fingerprint density at radius 3 is 2.52 bits per heavy atom. The van der Waals surface area contributed by atoms with Gasteiger partial charge in [-0.15, -0.1) is 0 Å². The first kappa shape index (κ1) is 24.1.